The zero-order valence-electron chi connectivity index (χ0n) is 10.7. The molecule has 0 radical (unpaired) electrons. The van der Waals surface area contributed by atoms with Crippen LogP contribution in [0.5, 0.6) is 0 Å². The van der Waals surface area contributed by atoms with E-state index < -0.39 is 23.5 Å². The molecule has 0 aliphatic heterocycles. The maximum Gasteiger partial charge on any atom is 0.163 e. The van der Waals surface area contributed by atoms with Crippen LogP contribution in [0.2, 0.25) is 0 Å². The van der Waals surface area contributed by atoms with Gasteiger partial charge in [-0.25, -0.2) is 13.2 Å². The quantitative estimate of drug-likeness (QED) is 0.891. The molecule has 0 heterocycles. The molecule has 0 fully saturated rings. The van der Waals surface area contributed by atoms with Crippen LogP contribution in [-0.2, 0) is 0 Å². The maximum atomic E-state index is 13.8. The van der Waals surface area contributed by atoms with Crippen LogP contribution >= 0.6 is 0 Å². The summed E-state index contributed by atoms with van der Waals surface area (Å²) in [6.07, 6.45) is 0. The van der Waals surface area contributed by atoms with Gasteiger partial charge in [-0.05, 0) is 43.3 Å². The minimum absolute atomic E-state index is 0.163. The van der Waals surface area contributed by atoms with Gasteiger partial charge in [-0.2, -0.15) is 0 Å². The third-order valence-corrected chi connectivity index (χ3v) is 3.13. The molecule has 1 nitrogen and oxygen atoms in total. The summed E-state index contributed by atoms with van der Waals surface area (Å²) in [5.41, 5.74) is 1.56. The minimum atomic E-state index is -0.912. The second-order valence-electron chi connectivity index (χ2n) is 4.37. The van der Waals surface area contributed by atoms with E-state index in [0.717, 1.165) is 11.6 Å². The summed E-state index contributed by atoms with van der Waals surface area (Å²) >= 11 is 0. The normalized spacial score (nSPS) is 12.5. The molecule has 2 rings (SSSR count). The van der Waals surface area contributed by atoms with Crippen LogP contribution in [0.15, 0.2) is 36.4 Å². The van der Waals surface area contributed by atoms with Gasteiger partial charge in [0.2, 0.25) is 0 Å². The molecule has 1 N–H and O–H groups in total. The second kappa shape index (κ2) is 5.45. The average Bonchev–Trinajstić information content (AvgIpc) is 2.39. The number of hydrogen-bond acceptors (Lipinski definition) is 1. The molecule has 1 unspecified atom stereocenters. The first kappa shape index (κ1) is 13.6. The number of halogens is 3. The van der Waals surface area contributed by atoms with E-state index in [9.17, 15) is 13.2 Å². The topological polar surface area (TPSA) is 12.0 Å². The molecule has 0 spiro atoms. The van der Waals surface area contributed by atoms with Crippen molar-refractivity contribution in [3.05, 3.63) is 70.5 Å². The van der Waals surface area contributed by atoms with Crippen LogP contribution in [-0.4, -0.2) is 7.05 Å². The fraction of sp³-hybridized carbons (Fsp3) is 0.200. The Morgan fingerprint density at radius 3 is 2.42 bits per heavy atom. The lowest BCUT2D eigenvalue weighted by molar-refractivity contribution is 0.486. The summed E-state index contributed by atoms with van der Waals surface area (Å²) in [4.78, 5) is 0. The lowest BCUT2D eigenvalue weighted by atomic mass is 9.94. The molecule has 1 atom stereocenters. The molecule has 2 aromatic carbocycles. The SMILES string of the molecule is CNC(c1cc(F)ccc1C)c1cccc(F)c1F. The van der Waals surface area contributed by atoms with E-state index >= 15 is 0 Å². The van der Waals surface area contributed by atoms with Gasteiger partial charge in [-0.3, -0.25) is 0 Å². The van der Waals surface area contributed by atoms with E-state index in [1.165, 1.54) is 24.3 Å². The lowest BCUT2D eigenvalue weighted by Crippen LogP contribution is -2.20. The van der Waals surface area contributed by atoms with Crippen LogP contribution in [0.3, 0.4) is 0 Å². The second-order valence-corrected chi connectivity index (χ2v) is 4.37. The molecule has 0 aliphatic rings. The third kappa shape index (κ3) is 2.63. The van der Waals surface area contributed by atoms with Gasteiger partial charge in [0.05, 0.1) is 6.04 Å². The highest BCUT2D eigenvalue weighted by Gasteiger charge is 2.20. The van der Waals surface area contributed by atoms with E-state index in [4.69, 9.17) is 0 Å². The summed E-state index contributed by atoms with van der Waals surface area (Å²) in [7, 11) is 1.62. The molecule has 4 heteroatoms. The molecule has 0 saturated carbocycles. The van der Waals surface area contributed by atoms with Crippen LogP contribution in [0.25, 0.3) is 0 Å². The van der Waals surface area contributed by atoms with Crippen molar-refractivity contribution in [1.82, 2.24) is 5.32 Å². The lowest BCUT2D eigenvalue weighted by Gasteiger charge is -2.20. The van der Waals surface area contributed by atoms with Gasteiger partial charge in [-0.15, -0.1) is 0 Å². The summed E-state index contributed by atoms with van der Waals surface area (Å²) in [6, 6.07) is 7.69. The Morgan fingerprint density at radius 1 is 1.00 bits per heavy atom. The van der Waals surface area contributed by atoms with Crippen molar-refractivity contribution in [2.24, 2.45) is 0 Å². The average molecular weight is 265 g/mol. The Balaban J connectivity index is 2.56. The fourth-order valence-electron chi connectivity index (χ4n) is 2.14. The Labute approximate surface area is 110 Å². The van der Waals surface area contributed by atoms with Crippen molar-refractivity contribution in [3.63, 3.8) is 0 Å². The van der Waals surface area contributed by atoms with Crippen molar-refractivity contribution in [3.8, 4) is 0 Å². The molecular weight excluding hydrogens is 251 g/mol. The zero-order chi connectivity index (χ0) is 14.0. The van der Waals surface area contributed by atoms with Crippen LogP contribution < -0.4 is 5.32 Å². The Bertz CT molecular complexity index is 594. The molecule has 19 heavy (non-hydrogen) atoms. The van der Waals surface area contributed by atoms with Crippen molar-refractivity contribution >= 4 is 0 Å². The van der Waals surface area contributed by atoms with Crippen molar-refractivity contribution in [2.45, 2.75) is 13.0 Å². The van der Waals surface area contributed by atoms with Gasteiger partial charge < -0.3 is 5.32 Å². The van der Waals surface area contributed by atoms with E-state index in [0.29, 0.717) is 5.56 Å². The zero-order valence-corrected chi connectivity index (χ0v) is 10.7. The number of aryl methyl sites for hydroxylation is 1. The molecule has 0 saturated heterocycles. The highest BCUT2D eigenvalue weighted by atomic mass is 19.2. The molecule has 0 amide bonds. The highest BCUT2D eigenvalue weighted by molar-refractivity contribution is 5.38. The molecule has 0 aromatic heterocycles. The summed E-state index contributed by atoms with van der Waals surface area (Å²) in [5.74, 6) is -2.23. The van der Waals surface area contributed by atoms with E-state index in [2.05, 4.69) is 5.32 Å². The summed E-state index contributed by atoms with van der Waals surface area (Å²) < 4.78 is 40.5. The Morgan fingerprint density at radius 2 is 1.74 bits per heavy atom. The number of nitrogens with one attached hydrogen (secondary N) is 1. The van der Waals surface area contributed by atoms with E-state index in [1.54, 1.807) is 20.0 Å². The van der Waals surface area contributed by atoms with Gasteiger partial charge in [0.25, 0.3) is 0 Å². The number of benzene rings is 2. The fourth-order valence-corrected chi connectivity index (χ4v) is 2.14. The van der Waals surface area contributed by atoms with E-state index in [-0.39, 0.29) is 5.56 Å². The van der Waals surface area contributed by atoms with Crippen LogP contribution in [0.4, 0.5) is 13.2 Å². The summed E-state index contributed by atoms with van der Waals surface area (Å²) in [5, 5.41) is 2.90. The van der Waals surface area contributed by atoms with Gasteiger partial charge >= 0.3 is 0 Å². The smallest absolute Gasteiger partial charge is 0.163 e. The highest BCUT2D eigenvalue weighted by Crippen LogP contribution is 2.28. The Hall–Kier alpha value is -1.81. The van der Waals surface area contributed by atoms with Crippen LogP contribution in [0, 0.1) is 24.4 Å². The van der Waals surface area contributed by atoms with Crippen LogP contribution in [0.1, 0.15) is 22.7 Å². The first-order valence-corrected chi connectivity index (χ1v) is 5.92. The van der Waals surface area contributed by atoms with Gasteiger partial charge in [0.1, 0.15) is 5.82 Å². The standard InChI is InChI=1S/C15H14F3N/c1-9-6-7-10(16)8-12(9)15(19-2)11-4-3-5-13(17)14(11)18/h3-8,15,19H,1-2H3. The third-order valence-electron chi connectivity index (χ3n) is 3.13. The first-order valence-electron chi connectivity index (χ1n) is 5.92. The van der Waals surface area contributed by atoms with Crippen molar-refractivity contribution in [1.29, 1.82) is 0 Å². The molecular formula is C15H14F3N. The molecule has 0 aliphatic carbocycles. The Kier molecular flexibility index (Phi) is 3.90. The predicted octanol–water partition coefficient (Wildman–Crippen LogP) is 3.72. The number of rotatable bonds is 3. The minimum Gasteiger partial charge on any atom is -0.309 e. The predicted molar refractivity (Wildman–Crippen MR) is 68.4 cm³/mol. The largest absolute Gasteiger partial charge is 0.309 e. The monoisotopic (exact) mass is 265 g/mol. The molecule has 2 aromatic rings. The first-order chi connectivity index (χ1) is 9.04. The summed E-state index contributed by atoms with van der Waals surface area (Å²) in [6.45, 7) is 1.80. The molecule has 0 bridgehead atoms. The molecule has 100 valence electrons. The van der Waals surface area contributed by atoms with Crippen molar-refractivity contribution < 1.29 is 13.2 Å². The van der Waals surface area contributed by atoms with Crippen molar-refractivity contribution in [2.75, 3.05) is 7.05 Å². The van der Waals surface area contributed by atoms with Gasteiger partial charge in [-0.1, -0.05) is 18.2 Å². The number of hydrogen-bond donors (Lipinski definition) is 1. The maximum absolute atomic E-state index is 13.8. The van der Waals surface area contributed by atoms with Gasteiger partial charge in [0.15, 0.2) is 11.6 Å². The van der Waals surface area contributed by atoms with Gasteiger partial charge in [0, 0.05) is 5.56 Å². The van der Waals surface area contributed by atoms with E-state index in [1.807, 2.05) is 0 Å².